The molecule has 0 unspecified atom stereocenters. The molecule has 4 aliphatic heterocycles. The van der Waals surface area contributed by atoms with Crippen LogP contribution >= 0.6 is 55.9 Å². The fourth-order valence-corrected chi connectivity index (χ4v) is 15.4. The second-order valence-corrected chi connectivity index (χ2v) is 28.1. The van der Waals surface area contributed by atoms with Gasteiger partial charge in [-0.15, -0.1) is 0 Å². The van der Waals surface area contributed by atoms with Gasteiger partial charge in [0.2, 0.25) is 23.1 Å². The molecule has 4 saturated heterocycles. The second-order valence-electron chi connectivity index (χ2n) is 22.8. The lowest BCUT2D eigenvalue weighted by Gasteiger charge is -2.46. The lowest BCUT2D eigenvalue weighted by Crippen LogP contribution is -2.65. The van der Waals surface area contributed by atoms with Crippen molar-refractivity contribution in [2.45, 2.75) is 207 Å². The van der Waals surface area contributed by atoms with Crippen LogP contribution in [-0.2, 0) is 57.1 Å². The number of hydrazine groups is 1. The first kappa shape index (κ1) is 73.0. The molecule has 10 N–H and O–H groups in total. The average molecular weight is 1420 g/mol. The molecular weight excluding hydrogens is 1340 g/mol. The van der Waals surface area contributed by atoms with E-state index in [1.165, 1.54) is 62.0 Å². The van der Waals surface area contributed by atoms with Crippen molar-refractivity contribution in [2.24, 2.45) is 5.84 Å². The summed E-state index contributed by atoms with van der Waals surface area (Å²) in [6.45, 7) is 14.5. The van der Waals surface area contributed by atoms with Crippen LogP contribution in [0.3, 0.4) is 0 Å². The molecule has 1 amide bonds. The van der Waals surface area contributed by atoms with Gasteiger partial charge in [-0.2, -0.15) is 5.48 Å². The zero-order valence-corrected chi connectivity index (χ0v) is 56.3. The SMILES string of the molecule is CCN[C@H]1CO[C@@H](O[C@H]2[C@H](O[C@H]3C#C/C=C\C#C[C@]4(O)CC(=O)C(CC(C)=O)=C3/C4=C\CSSC(C)(C)CC(=O)NN)O[C@H](C)[C@@H](NO[C@H]3C[C@H](O)[C@H](SC(=O)c4c(C)c(I)c(O[C@@H]5O[C@@H](C)[C@H](O)[C@@H](OC)[C@H]5O)c(OC)c4OC)[C@@H](C)O3)[C@@H]2O)C[C@@H]1OC. The number of amides is 1. The van der Waals surface area contributed by atoms with Crippen molar-refractivity contribution < 1.29 is 102 Å². The smallest absolute Gasteiger partial charge is 0.235 e. The minimum absolute atomic E-state index is 0.0220. The van der Waals surface area contributed by atoms with Crippen molar-refractivity contribution in [3.05, 3.63) is 49.6 Å². The van der Waals surface area contributed by atoms with Crippen LogP contribution in [0.4, 0.5) is 0 Å². The van der Waals surface area contributed by atoms with Crippen molar-refractivity contribution in [2.75, 3.05) is 47.3 Å². The largest absolute Gasteiger partial charge is 0.492 e. The highest BCUT2D eigenvalue weighted by atomic mass is 127. The van der Waals surface area contributed by atoms with Crippen LogP contribution in [0.5, 0.6) is 17.2 Å². The molecule has 6 aliphatic rings. The number of aliphatic hydroxyl groups is 5. The number of hydrogen-bond donors (Lipinski definition) is 9. The number of rotatable bonds is 25. The van der Waals surface area contributed by atoms with E-state index < -0.39 is 125 Å². The predicted molar refractivity (Wildman–Crippen MR) is 337 cm³/mol. The number of ketones is 2. The summed E-state index contributed by atoms with van der Waals surface area (Å²) in [6.07, 6.45) is -13.1. The van der Waals surface area contributed by atoms with E-state index in [9.17, 15) is 44.7 Å². The number of hydroxylamine groups is 1. The van der Waals surface area contributed by atoms with Crippen molar-refractivity contribution in [1.29, 1.82) is 0 Å². The highest BCUT2D eigenvalue weighted by Crippen LogP contribution is 2.49. The maximum Gasteiger partial charge on any atom is 0.235 e. The van der Waals surface area contributed by atoms with Crippen LogP contribution in [-0.4, -0.2) is 215 Å². The molecule has 0 spiro atoms. The number of aliphatic hydroxyl groups excluding tert-OH is 4. The molecule has 7 rings (SSSR count). The van der Waals surface area contributed by atoms with E-state index in [1.807, 2.05) is 43.4 Å². The van der Waals surface area contributed by atoms with Crippen LogP contribution < -0.4 is 36.3 Å². The maximum absolute atomic E-state index is 14.5. The number of benzene rings is 1. The van der Waals surface area contributed by atoms with Gasteiger partial charge in [-0.25, -0.2) is 5.84 Å². The van der Waals surface area contributed by atoms with Gasteiger partial charge in [0.15, 0.2) is 41.8 Å². The standard InChI is InChI=1S/C60H83IN4O21S3/c1-13-63-35-27-79-41(24-39(35)75-9)84-53-48(71)46(30(4)81-58(53)83-38-18-16-14-15-17-20-60(74)25-37(68)33(22-28(2)66)44(38)34(60)19-21-87-89-59(7,8)26-40(69)64-62)65-86-42-23-36(67)55(32(6)80-42)88-56(73)43-29(3)45(61)51(54(78-12)50(43)76-10)85-57-49(72)52(77-11)47(70)31(5)82-57/h14-15,19,30-32,35-36,38-39,41-42,46-49,52-53,55,57-58,63,65,67,70-72,74H,13,21-27,62H2,1-12H3,(H,64,69)/b15-14-,34-19+/t30-,31+,32-,35+,36+,38+,39+,41+,42+,46-,47+,48+,49-,52-,53-,55-,57+,58+,60+/m1/s1. The number of carbonyl (C=O) groups excluding carboxylic acids is 4. The molecular formula is C60H83IN4O21S3. The van der Waals surface area contributed by atoms with E-state index in [-0.39, 0.29) is 101 Å². The number of methoxy groups -OCH3 is 4. The number of ether oxygens (including phenoxy) is 11. The molecule has 89 heavy (non-hydrogen) atoms. The Hall–Kier alpha value is -3.46. The summed E-state index contributed by atoms with van der Waals surface area (Å²) in [5.41, 5.74) is 3.86. The van der Waals surface area contributed by atoms with E-state index in [4.69, 9.17) is 62.8 Å². The highest BCUT2D eigenvalue weighted by molar-refractivity contribution is 14.1. The molecule has 2 bridgehead atoms. The fourth-order valence-electron chi connectivity index (χ4n) is 11.3. The molecule has 2 aliphatic carbocycles. The summed E-state index contributed by atoms with van der Waals surface area (Å²) < 4.78 is 67.3. The van der Waals surface area contributed by atoms with Crippen LogP contribution in [0.2, 0.25) is 0 Å². The van der Waals surface area contributed by atoms with Gasteiger partial charge in [0, 0.05) is 67.1 Å². The summed E-state index contributed by atoms with van der Waals surface area (Å²) in [5, 5.41) is 60.5. The third-order valence-corrected chi connectivity index (χ3v) is 21.6. The Morgan fingerprint density at radius 1 is 0.899 bits per heavy atom. The molecule has 1 aromatic rings. The second kappa shape index (κ2) is 32.6. The van der Waals surface area contributed by atoms with Gasteiger partial charge in [0.05, 0.1) is 84.2 Å². The fraction of sp³-hybridized carbons (Fsp3) is 0.667. The third kappa shape index (κ3) is 17.5. The quantitative estimate of drug-likeness (QED) is 0.0129. The molecule has 19 atom stereocenters. The average Bonchev–Trinajstić information content (AvgIpc) is 0.787. The minimum Gasteiger partial charge on any atom is -0.492 e. The molecule has 0 aromatic heterocycles. The van der Waals surface area contributed by atoms with E-state index in [1.54, 1.807) is 40.9 Å². The highest BCUT2D eigenvalue weighted by Gasteiger charge is 2.52. The van der Waals surface area contributed by atoms with Crippen LogP contribution in [0.1, 0.15) is 96.5 Å². The lowest BCUT2D eigenvalue weighted by atomic mass is 9.72. The van der Waals surface area contributed by atoms with E-state index >= 15 is 0 Å². The number of fused-ring (bicyclic) bond motifs is 2. The number of allylic oxidation sites excluding steroid dienone is 3. The predicted octanol–water partition coefficient (Wildman–Crippen LogP) is 2.74. The van der Waals surface area contributed by atoms with Crippen molar-refractivity contribution in [1.82, 2.24) is 16.2 Å². The molecule has 29 heteroatoms. The normalized spacial score (nSPS) is 34.8. The van der Waals surface area contributed by atoms with Gasteiger partial charge in [-0.05, 0) is 95.3 Å². The molecule has 25 nitrogen and oxygen atoms in total. The summed E-state index contributed by atoms with van der Waals surface area (Å²) in [4.78, 5) is 60.1. The van der Waals surface area contributed by atoms with Gasteiger partial charge in [0.25, 0.3) is 0 Å². The molecule has 0 saturated carbocycles. The van der Waals surface area contributed by atoms with Gasteiger partial charge in [-0.1, -0.05) is 70.0 Å². The Morgan fingerprint density at radius 3 is 2.26 bits per heavy atom. The van der Waals surface area contributed by atoms with Crippen LogP contribution in [0.25, 0.3) is 0 Å². The van der Waals surface area contributed by atoms with Crippen molar-refractivity contribution >= 4 is 78.5 Å². The Labute approximate surface area is 544 Å². The Morgan fingerprint density at radius 2 is 1.61 bits per heavy atom. The Bertz CT molecular complexity index is 2920. The topological polar surface area (TPSA) is 342 Å². The Kier molecular flexibility index (Phi) is 26.7. The van der Waals surface area contributed by atoms with Crippen LogP contribution in [0.15, 0.2) is 34.9 Å². The van der Waals surface area contributed by atoms with Gasteiger partial charge >= 0.3 is 0 Å². The van der Waals surface area contributed by atoms with Gasteiger partial charge in [-0.3, -0.25) is 29.4 Å². The zero-order chi connectivity index (χ0) is 65.2. The number of nitrogens with two attached hydrogens (primary N) is 1. The lowest BCUT2D eigenvalue weighted by molar-refractivity contribution is -0.336. The summed E-state index contributed by atoms with van der Waals surface area (Å²) in [7, 11) is 8.42. The first-order valence-corrected chi connectivity index (χ1v) is 33.3. The number of nitrogens with one attached hydrogen (secondary N) is 3. The third-order valence-electron chi connectivity index (χ3n) is 15.8. The molecule has 494 valence electrons. The summed E-state index contributed by atoms with van der Waals surface area (Å²) in [5.74, 6) is 16.1. The molecule has 1 aromatic carbocycles. The summed E-state index contributed by atoms with van der Waals surface area (Å²) in [6, 6.07) is -1.28. The minimum atomic E-state index is -2.07. The first-order valence-electron chi connectivity index (χ1n) is 29.1. The molecule has 4 heterocycles. The first-order chi connectivity index (χ1) is 42.2. The number of Topliss-reactive ketones (excluding diaryl/α,β-unsaturated/α-hetero) is 2. The van der Waals surface area contributed by atoms with Crippen molar-refractivity contribution in [3.63, 3.8) is 0 Å². The number of likely N-dealkylation sites (N-methyl/N-ethyl adjacent to an activating group) is 1. The van der Waals surface area contributed by atoms with E-state index in [0.29, 0.717) is 15.7 Å². The van der Waals surface area contributed by atoms with Crippen molar-refractivity contribution in [3.8, 4) is 40.9 Å². The summed E-state index contributed by atoms with van der Waals surface area (Å²) >= 11 is 2.82. The monoisotopic (exact) mass is 1420 g/mol. The number of thioether (sulfide) groups is 1. The zero-order valence-electron chi connectivity index (χ0n) is 51.7. The van der Waals surface area contributed by atoms with E-state index in [2.05, 4.69) is 39.9 Å². The number of hydrogen-bond acceptors (Lipinski definition) is 27. The van der Waals surface area contributed by atoms with Gasteiger partial charge < -0.3 is 83.0 Å². The Balaban J connectivity index is 1.12. The van der Waals surface area contributed by atoms with Gasteiger partial charge in [0.1, 0.15) is 42.4 Å². The molecule has 0 radical (unpaired) electrons. The number of halogens is 1. The van der Waals surface area contributed by atoms with Crippen LogP contribution in [0, 0.1) is 34.2 Å². The molecule has 4 fully saturated rings. The maximum atomic E-state index is 14.5. The van der Waals surface area contributed by atoms with E-state index in [0.717, 1.165) is 11.8 Å². The number of carbonyl (C=O) groups is 4.